The van der Waals surface area contributed by atoms with E-state index >= 15 is 0 Å². The number of carbonyl (C=O) groups excluding carboxylic acids is 1. The zero-order valence-corrected chi connectivity index (χ0v) is 18.3. The lowest BCUT2D eigenvalue weighted by Crippen LogP contribution is -2.50. The number of nitrogens with one attached hydrogen (secondary N) is 1. The first-order valence-electron chi connectivity index (χ1n) is 10.9. The van der Waals surface area contributed by atoms with Crippen molar-refractivity contribution >= 4 is 22.5 Å². The molecule has 0 spiro atoms. The highest BCUT2D eigenvalue weighted by molar-refractivity contribution is 5.83. The van der Waals surface area contributed by atoms with Crippen molar-refractivity contribution in [2.45, 2.75) is 37.9 Å². The van der Waals surface area contributed by atoms with Gasteiger partial charge in [0.25, 0.3) is 0 Å². The minimum absolute atomic E-state index is 0.210. The van der Waals surface area contributed by atoms with Crippen LogP contribution in [0.25, 0.3) is 10.9 Å². The molecule has 1 aromatic carbocycles. The number of aromatic nitrogens is 1. The fourth-order valence-electron chi connectivity index (χ4n) is 4.73. The van der Waals surface area contributed by atoms with E-state index in [9.17, 15) is 4.79 Å². The van der Waals surface area contributed by atoms with Crippen molar-refractivity contribution in [1.29, 1.82) is 0 Å². The fourth-order valence-corrected chi connectivity index (χ4v) is 4.73. The Bertz CT molecular complexity index is 881. The number of pyridine rings is 1. The van der Waals surface area contributed by atoms with Gasteiger partial charge >= 0.3 is 0 Å². The molecule has 2 saturated heterocycles. The second kappa shape index (κ2) is 9.18. The van der Waals surface area contributed by atoms with Crippen LogP contribution in [0.3, 0.4) is 0 Å². The molecule has 1 aromatic heterocycles. The monoisotopic (exact) mass is 411 g/mol. The number of methoxy groups -OCH3 is 1. The molecule has 4 rings (SSSR count). The summed E-state index contributed by atoms with van der Waals surface area (Å²) in [7, 11) is 5.77. The van der Waals surface area contributed by atoms with Gasteiger partial charge in [-0.1, -0.05) is 0 Å². The van der Waals surface area contributed by atoms with Gasteiger partial charge in [0.05, 0.1) is 37.2 Å². The number of nitrogens with zero attached hydrogens (tertiary/aromatic N) is 4. The largest absolute Gasteiger partial charge is 0.497 e. The summed E-state index contributed by atoms with van der Waals surface area (Å²) in [6, 6.07) is 8.66. The molecule has 0 aliphatic carbocycles. The first-order valence-corrected chi connectivity index (χ1v) is 10.9. The number of amides is 1. The molecule has 2 aliphatic heterocycles. The Hall–Kier alpha value is -2.38. The van der Waals surface area contributed by atoms with Crippen molar-refractivity contribution in [3.05, 3.63) is 30.5 Å². The minimum atomic E-state index is 0.210. The van der Waals surface area contributed by atoms with E-state index in [1.54, 1.807) is 7.11 Å². The molecule has 0 bridgehead atoms. The fraction of sp³-hybridized carbons (Fsp3) is 0.565. The lowest BCUT2D eigenvalue weighted by Gasteiger charge is -2.38. The maximum Gasteiger partial charge on any atom is 0.237 e. The third kappa shape index (κ3) is 4.37. The van der Waals surface area contributed by atoms with E-state index in [4.69, 9.17) is 4.74 Å². The molecular weight excluding hydrogens is 378 g/mol. The Labute approximate surface area is 179 Å². The van der Waals surface area contributed by atoms with Crippen LogP contribution in [0.15, 0.2) is 30.5 Å². The Morgan fingerprint density at radius 2 is 2.03 bits per heavy atom. The SMILES string of the molecule is CN[C@@H]1CCCN1C(=O)CN1CCC(N(C)c2cnc3cc(OC)ccc3c2)CC1. The van der Waals surface area contributed by atoms with Gasteiger partial charge in [-0.05, 0) is 50.9 Å². The van der Waals surface area contributed by atoms with Gasteiger partial charge in [-0.15, -0.1) is 0 Å². The summed E-state index contributed by atoms with van der Waals surface area (Å²) in [4.78, 5) is 24.0. The topological polar surface area (TPSA) is 60.9 Å². The number of anilines is 1. The van der Waals surface area contributed by atoms with E-state index in [0.717, 1.165) is 67.7 Å². The lowest BCUT2D eigenvalue weighted by molar-refractivity contribution is -0.133. The second-order valence-electron chi connectivity index (χ2n) is 8.40. The molecule has 2 fully saturated rings. The average Bonchev–Trinajstić information content (AvgIpc) is 3.27. The molecule has 162 valence electrons. The van der Waals surface area contributed by atoms with Gasteiger partial charge in [0.1, 0.15) is 5.75 Å². The van der Waals surface area contributed by atoms with Crippen LogP contribution >= 0.6 is 0 Å². The van der Waals surface area contributed by atoms with Crippen molar-refractivity contribution in [2.75, 3.05) is 52.3 Å². The quantitative estimate of drug-likeness (QED) is 0.787. The van der Waals surface area contributed by atoms with Crippen molar-refractivity contribution in [1.82, 2.24) is 20.1 Å². The predicted molar refractivity (Wildman–Crippen MR) is 120 cm³/mol. The summed E-state index contributed by atoms with van der Waals surface area (Å²) in [5.74, 6) is 1.08. The van der Waals surface area contributed by atoms with Crippen LogP contribution in [0, 0.1) is 0 Å². The highest BCUT2D eigenvalue weighted by Crippen LogP contribution is 2.26. The molecule has 0 unspecified atom stereocenters. The minimum Gasteiger partial charge on any atom is -0.497 e. The highest BCUT2D eigenvalue weighted by atomic mass is 16.5. The van der Waals surface area contributed by atoms with Gasteiger partial charge in [-0.25, -0.2) is 0 Å². The Morgan fingerprint density at radius 3 is 2.77 bits per heavy atom. The molecule has 1 atom stereocenters. The molecule has 2 aliphatic rings. The number of ether oxygens (including phenoxy) is 1. The van der Waals surface area contributed by atoms with E-state index in [1.165, 1.54) is 0 Å². The van der Waals surface area contributed by atoms with Crippen LogP contribution in [0.4, 0.5) is 5.69 Å². The summed E-state index contributed by atoms with van der Waals surface area (Å²) in [6.07, 6.45) is 6.42. The zero-order valence-electron chi connectivity index (χ0n) is 18.3. The molecule has 7 heteroatoms. The van der Waals surface area contributed by atoms with Crippen LogP contribution in [-0.2, 0) is 4.79 Å². The number of hydrogen-bond acceptors (Lipinski definition) is 6. The maximum absolute atomic E-state index is 12.7. The smallest absolute Gasteiger partial charge is 0.237 e. The summed E-state index contributed by atoms with van der Waals surface area (Å²) in [5, 5.41) is 4.38. The standard InChI is InChI=1S/C23H33N5O2/c1-24-22-5-4-10-28(22)23(29)16-27-11-8-18(9-12-27)26(2)19-13-17-6-7-20(30-3)14-21(17)25-15-19/h6-7,13-15,18,22,24H,4-5,8-12,16H2,1-3H3/t22-/m0/s1. The van der Waals surface area contributed by atoms with Gasteiger partial charge in [0.2, 0.25) is 5.91 Å². The summed E-state index contributed by atoms with van der Waals surface area (Å²) >= 11 is 0. The average molecular weight is 412 g/mol. The molecule has 0 saturated carbocycles. The number of carbonyl (C=O) groups is 1. The molecule has 7 nitrogen and oxygen atoms in total. The predicted octanol–water partition coefficient (Wildman–Crippen LogP) is 2.31. The Morgan fingerprint density at radius 1 is 1.23 bits per heavy atom. The van der Waals surface area contributed by atoms with Crippen LogP contribution in [0.2, 0.25) is 0 Å². The summed E-state index contributed by atoms with van der Waals surface area (Å²) in [6.45, 7) is 3.33. The third-order valence-electron chi connectivity index (χ3n) is 6.65. The van der Waals surface area contributed by atoms with E-state index in [2.05, 4.69) is 39.3 Å². The summed E-state index contributed by atoms with van der Waals surface area (Å²) < 4.78 is 5.29. The number of fused-ring (bicyclic) bond motifs is 1. The number of benzene rings is 1. The van der Waals surface area contributed by atoms with E-state index < -0.39 is 0 Å². The van der Waals surface area contributed by atoms with Gasteiger partial charge < -0.3 is 19.9 Å². The first kappa shape index (κ1) is 20.9. The molecule has 1 N–H and O–H groups in total. The first-order chi connectivity index (χ1) is 14.6. The molecule has 0 radical (unpaired) electrons. The number of hydrogen-bond donors (Lipinski definition) is 1. The number of likely N-dealkylation sites (tertiary alicyclic amines) is 2. The molecule has 30 heavy (non-hydrogen) atoms. The van der Waals surface area contributed by atoms with Crippen LogP contribution in [0.5, 0.6) is 5.75 Å². The highest BCUT2D eigenvalue weighted by Gasteiger charge is 2.30. The lowest BCUT2D eigenvalue weighted by atomic mass is 10.0. The van der Waals surface area contributed by atoms with Crippen molar-refractivity contribution < 1.29 is 9.53 Å². The Kier molecular flexibility index (Phi) is 6.39. The van der Waals surface area contributed by atoms with Crippen LogP contribution < -0.4 is 15.0 Å². The van der Waals surface area contributed by atoms with E-state index in [1.807, 2.05) is 30.3 Å². The third-order valence-corrected chi connectivity index (χ3v) is 6.65. The molecule has 2 aromatic rings. The molecular formula is C23H33N5O2. The number of piperidine rings is 1. The van der Waals surface area contributed by atoms with E-state index in [0.29, 0.717) is 12.6 Å². The zero-order chi connectivity index (χ0) is 21.1. The normalized spacial score (nSPS) is 20.6. The number of rotatable bonds is 6. The maximum atomic E-state index is 12.7. The van der Waals surface area contributed by atoms with Crippen molar-refractivity contribution in [3.8, 4) is 5.75 Å². The van der Waals surface area contributed by atoms with Gasteiger partial charge in [0.15, 0.2) is 0 Å². The Balaban J connectivity index is 1.33. The van der Waals surface area contributed by atoms with Gasteiger partial charge in [-0.2, -0.15) is 0 Å². The van der Waals surface area contributed by atoms with Crippen molar-refractivity contribution in [3.63, 3.8) is 0 Å². The van der Waals surface area contributed by atoms with Crippen molar-refractivity contribution in [2.24, 2.45) is 0 Å². The summed E-state index contributed by atoms with van der Waals surface area (Å²) in [5.41, 5.74) is 2.08. The van der Waals surface area contributed by atoms with Crippen LogP contribution in [0.1, 0.15) is 25.7 Å². The van der Waals surface area contributed by atoms with Crippen LogP contribution in [-0.4, -0.2) is 80.3 Å². The van der Waals surface area contributed by atoms with Gasteiger partial charge in [0, 0.05) is 44.2 Å². The van der Waals surface area contributed by atoms with E-state index in [-0.39, 0.29) is 12.1 Å². The molecule has 1 amide bonds. The molecule has 3 heterocycles. The van der Waals surface area contributed by atoms with Gasteiger partial charge in [-0.3, -0.25) is 14.7 Å². The second-order valence-corrected chi connectivity index (χ2v) is 8.40.